The highest BCUT2D eigenvalue weighted by molar-refractivity contribution is 5.97. The fraction of sp³-hybridized carbons (Fsp3) is 0.158. The van der Waals surface area contributed by atoms with Crippen molar-refractivity contribution in [2.24, 2.45) is 0 Å². The number of nitrogens with one attached hydrogen (secondary N) is 1. The summed E-state index contributed by atoms with van der Waals surface area (Å²) in [5, 5.41) is 7.26. The maximum atomic E-state index is 13.0. The zero-order chi connectivity index (χ0) is 19.7. The Morgan fingerprint density at radius 2 is 2.04 bits per heavy atom. The molecule has 0 saturated carbocycles. The number of amides is 1. The number of ether oxygens (including phenoxy) is 2. The van der Waals surface area contributed by atoms with Crippen molar-refractivity contribution in [2.75, 3.05) is 19.5 Å². The molecule has 0 unspecified atom stereocenters. The number of carbonyl (C=O) groups is 1. The summed E-state index contributed by atoms with van der Waals surface area (Å²) >= 11 is 0. The average Bonchev–Trinajstić information content (AvgIpc) is 3.20. The average molecular weight is 380 g/mol. The lowest BCUT2D eigenvalue weighted by molar-refractivity contribution is -0.116. The minimum Gasteiger partial charge on any atom is -0.496 e. The van der Waals surface area contributed by atoms with E-state index < -0.39 is 0 Å². The van der Waals surface area contributed by atoms with Gasteiger partial charge in [-0.1, -0.05) is 0 Å². The summed E-state index contributed by atoms with van der Waals surface area (Å²) < 4.78 is 17.8. The number of nitrogens with zero attached hydrogens (tertiary/aromatic N) is 3. The number of anilines is 1. The summed E-state index contributed by atoms with van der Waals surface area (Å²) in [7, 11) is 2.99. The lowest BCUT2D eigenvalue weighted by atomic mass is 10.1. The Hall–Kier alpha value is -3.88. The second kappa shape index (κ2) is 7.03. The van der Waals surface area contributed by atoms with E-state index in [1.807, 2.05) is 0 Å². The molecule has 0 saturated heterocycles. The molecule has 9 heteroatoms. The van der Waals surface area contributed by atoms with Gasteiger partial charge in [-0.3, -0.25) is 9.59 Å². The molecule has 2 aromatic carbocycles. The molecule has 0 atom stereocenters. The number of hydrogen-bond donors (Lipinski definition) is 1. The molecule has 9 nitrogen and oxygen atoms in total. The molecule has 0 fully saturated rings. The predicted molar refractivity (Wildman–Crippen MR) is 102 cm³/mol. The van der Waals surface area contributed by atoms with Gasteiger partial charge in [-0.15, -0.1) is 0 Å². The molecule has 0 aliphatic rings. The van der Waals surface area contributed by atoms with Crippen molar-refractivity contribution < 1.29 is 18.7 Å². The highest BCUT2D eigenvalue weighted by atomic mass is 16.5. The molecule has 2 heterocycles. The highest BCUT2D eigenvalue weighted by Gasteiger charge is 2.15. The Kier molecular flexibility index (Phi) is 4.40. The van der Waals surface area contributed by atoms with E-state index in [-0.39, 0.29) is 17.9 Å². The number of carbonyl (C=O) groups excluding carboxylic acids is 1. The third kappa shape index (κ3) is 3.13. The molecule has 1 amide bonds. The molecule has 2 aromatic heterocycles. The first kappa shape index (κ1) is 17.5. The van der Waals surface area contributed by atoms with Crippen LogP contribution in [0.25, 0.3) is 21.9 Å². The molecular weight excluding hydrogens is 364 g/mol. The Morgan fingerprint density at radius 1 is 1.18 bits per heavy atom. The van der Waals surface area contributed by atoms with Crippen molar-refractivity contribution in [2.45, 2.75) is 6.54 Å². The van der Waals surface area contributed by atoms with Gasteiger partial charge in [-0.2, -0.15) is 5.10 Å². The number of rotatable bonds is 5. The number of methoxy groups -OCH3 is 2. The van der Waals surface area contributed by atoms with Crippen LogP contribution in [0.1, 0.15) is 0 Å². The SMILES string of the molecule is COc1cc(OC)c2c(=O)c3cc(NC(=O)Cn4cncn4)ccc3oc2c1. The minimum absolute atomic E-state index is 0.0119. The molecule has 28 heavy (non-hydrogen) atoms. The van der Waals surface area contributed by atoms with Gasteiger partial charge in [0.1, 0.15) is 47.3 Å². The van der Waals surface area contributed by atoms with Gasteiger partial charge in [0.05, 0.1) is 19.6 Å². The van der Waals surface area contributed by atoms with E-state index in [0.29, 0.717) is 39.1 Å². The van der Waals surface area contributed by atoms with Gasteiger partial charge < -0.3 is 19.2 Å². The van der Waals surface area contributed by atoms with Crippen LogP contribution >= 0.6 is 0 Å². The van der Waals surface area contributed by atoms with Crippen LogP contribution < -0.4 is 20.2 Å². The maximum absolute atomic E-state index is 13.0. The molecule has 4 rings (SSSR count). The van der Waals surface area contributed by atoms with Crippen LogP contribution in [0.2, 0.25) is 0 Å². The van der Waals surface area contributed by atoms with Gasteiger partial charge in [0.2, 0.25) is 11.3 Å². The second-order valence-corrected chi connectivity index (χ2v) is 5.99. The van der Waals surface area contributed by atoms with Crippen molar-refractivity contribution in [1.29, 1.82) is 0 Å². The number of benzene rings is 2. The first-order valence-corrected chi connectivity index (χ1v) is 8.34. The summed E-state index contributed by atoms with van der Waals surface area (Å²) in [6.45, 7) is 0.0119. The van der Waals surface area contributed by atoms with E-state index in [4.69, 9.17) is 13.9 Å². The van der Waals surface area contributed by atoms with Crippen molar-refractivity contribution >= 4 is 33.5 Å². The highest BCUT2D eigenvalue weighted by Crippen LogP contribution is 2.31. The van der Waals surface area contributed by atoms with Gasteiger partial charge in [0.15, 0.2) is 0 Å². The van der Waals surface area contributed by atoms with Crippen LogP contribution in [-0.2, 0) is 11.3 Å². The molecule has 0 aliphatic carbocycles. The molecule has 1 N–H and O–H groups in total. The molecule has 0 bridgehead atoms. The van der Waals surface area contributed by atoms with Gasteiger partial charge >= 0.3 is 0 Å². The number of fused-ring (bicyclic) bond motifs is 2. The fourth-order valence-corrected chi connectivity index (χ4v) is 2.94. The van der Waals surface area contributed by atoms with E-state index >= 15 is 0 Å². The first-order valence-electron chi connectivity index (χ1n) is 8.34. The topological polar surface area (TPSA) is 108 Å². The van der Waals surface area contributed by atoms with Crippen LogP contribution in [0, 0.1) is 0 Å². The summed E-state index contributed by atoms with van der Waals surface area (Å²) in [4.78, 5) is 29.0. The normalized spacial score (nSPS) is 10.9. The smallest absolute Gasteiger partial charge is 0.246 e. The third-order valence-corrected chi connectivity index (χ3v) is 4.22. The fourth-order valence-electron chi connectivity index (χ4n) is 2.94. The minimum atomic E-state index is -0.294. The van der Waals surface area contributed by atoms with E-state index in [0.717, 1.165) is 0 Å². The Morgan fingerprint density at radius 3 is 2.75 bits per heavy atom. The van der Waals surface area contributed by atoms with Gasteiger partial charge in [0.25, 0.3) is 0 Å². The summed E-state index contributed by atoms with van der Waals surface area (Å²) in [5.74, 6) is 0.576. The van der Waals surface area contributed by atoms with Crippen LogP contribution in [0.15, 0.2) is 52.2 Å². The Balaban J connectivity index is 1.76. The standard InChI is InChI=1S/C19H16N4O5/c1-26-12-6-15(27-2)18-16(7-12)28-14-4-3-11(5-13(14)19(18)25)22-17(24)8-23-10-20-9-21-23/h3-7,9-10H,8H2,1-2H3,(H,22,24). The third-order valence-electron chi connectivity index (χ3n) is 4.22. The molecule has 0 aliphatic heterocycles. The molecular formula is C19H16N4O5. The quantitative estimate of drug-likeness (QED) is 0.529. The van der Waals surface area contributed by atoms with Gasteiger partial charge in [0, 0.05) is 17.8 Å². The Bertz CT molecular complexity index is 1230. The summed E-state index contributed by atoms with van der Waals surface area (Å²) in [6.07, 6.45) is 2.79. The predicted octanol–water partition coefficient (Wildman–Crippen LogP) is 2.19. The van der Waals surface area contributed by atoms with Crippen LogP contribution in [0.4, 0.5) is 5.69 Å². The zero-order valence-corrected chi connectivity index (χ0v) is 15.1. The lowest BCUT2D eigenvalue weighted by Gasteiger charge is -2.10. The van der Waals surface area contributed by atoms with E-state index in [1.165, 1.54) is 31.6 Å². The molecule has 4 aromatic rings. The number of aromatic nitrogens is 3. The summed E-state index contributed by atoms with van der Waals surface area (Å²) in [6, 6.07) is 8.12. The van der Waals surface area contributed by atoms with E-state index in [1.54, 1.807) is 30.3 Å². The molecule has 0 radical (unpaired) electrons. The van der Waals surface area contributed by atoms with Crippen molar-refractivity contribution in [3.63, 3.8) is 0 Å². The maximum Gasteiger partial charge on any atom is 0.246 e. The summed E-state index contributed by atoms with van der Waals surface area (Å²) in [5.41, 5.74) is 0.957. The number of hydrogen-bond acceptors (Lipinski definition) is 7. The van der Waals surface area contributed by atoms with Crippen LogP contribution in [0.3, 0.4) is 0 Å². The van der Waals surface area contributed by atoms with E-state index in [9.17, 15) is 9.59 Å². The van der Waals surface area contributed by atoms with Gasteiger partial charge in [-0.05, 0) is 18.2 Å². The molecule has 0 spiro atoms. The lowest BCUT2D eigenvalue weighted by Crippen LogP contribution is -2.19. The van der Waals surface area contributed by atoms with E-state index in [2.05, 4.69) is 15.4 Å². The zero-order valence-electron chi connectivity index (χ0n) is 15.1. The molecule has 142 valence electrons. The first-order chi connectivity index (χ1) is 13.6. The monoisotopic (exact) mass is 380 g/mol. The largest absolute Gasteiger partial charge is 0.496 e. The Labute approximate surface area is 158 Å². The van der Waals surface area contributed by atoms with Crippen LogP contribution in [-0.4, -0.2) is 34.9 Å². The van der Waals surface area contributed by atoms with Crippen molar-refractivity contribution in [1.82, 2.24) is 14.8 Å². The second-order valence-electron chi connectivity index (χ2n) is 5.99. The van der Waals surface area contributed by atoms with Crippen molar-refractivity contribution in [3.05, 3.63) is 53.2 Å². The van der Waals surface area contributed by atoms with Crippen molar-refractivity contribution in [3.8, 4) is 11.5 Å². The van der Waals surface area contributed by atoms with Gasteiger partial charge in [-0.25, -0.2) is 9.67 Å². The van der Waals surface area contributed by atoms with Crippen LogP contribution in [0.5, 0.6) is 11.5 Å².